The molecule has 0 fully saturated rings. The van der Waals surface area contributed by atoms with Gasteiger partial charge in [0.25, 0.3) is 5.91 Å². The van der Waals surface area contributed by atoms with Crippen molar-refractivity contribution in [3.05, 3.63) is 29.3 Å². The highest BCUT2D eigenvalue weighted by Gasteiger charge is 2.03. The van der Waals surface area contributed by atoms with Gasteiger partial charge in [-0.15, -0.1) is 0 Å². The number of benzene rings is 1. The lowest BCUT2D eigenvalue weighted by Gasteiger charge is -2.04. The van der Waals surface area contributed by atoms with E-state index in [1.165, 1.54) is 0 Å². The largest absolute Gasteiger partial charge is 0.323 e. The molecule has 0 saturated heterocycles. The number of rotatable bonds is 3. The second-order valence-corrected chi connectivity index (χ2v) is 2.75. The van der Waals surface area contributed by atoms with Gasteiger partial charge < -0.3 is 5.32 Å². The molecular formula is C8H9ClN2O2. The maximum absolute atomic E-state index is 11.0. The average Bonchev–Trinajstić information content (AvgIpc) is 2.09. The van der Waals surface area contributed by atoms with Crippen LogP contribution < -0.4 is 11.2 Å². The average molecular weight is 201 g/mol. The summed E-state index contributed by atoms with van der Waals surface area (Å²) in [5.41, 5.74) is 0.547. The lowest BCUT2D eigenvalue weighted by atomic mass is 10.3. The SMILES string of the molecule is NOCC(=O)Nc1ccccc1Cl. The van der Waals surface area contributed by atoms with Gasteiger partial charge in [-0.05, 0) is 12.1 Å². The smallest absolute Gasteiger partial charge is 0.252 e. The molecular weight excluding hydrogens is 192 g/mol. The van der Waals surface area contributed by atoms with Crippen LogP contribution in [0.25, 0.3) is 0 Å². The van der Waals surface area contributed by atoms with Crippen molar-refractivity contribution in [3.63, 3.8) is 0 Å². The van der Waals surface area contributed by atoms with Gasteiger partial charge in [0.2, 0.25) is 0 Å². The molecule has 4 nitrogen and oxygen atoms in total. The van der Waals surface area contributed by atoms with Crippen LogP contribution in [0, 0.1) is 0 Å². The van der Waals surface area contributed by atoms with Crippen molar-refractivity contribution in [2.45, 2.75) is 0 Å². The van der Waals surface area contributed by atoms with E-state index >= 15 is 0 Å². The molecule has 1 amide bonds. The van der Waals surface area contributed by atoms with Crippen molar-refractivity contribution >= 4 is 23.2 Å². The summed E-state index contributed by atoms with van der Waals surface area (Å²) in [4.78, 5) is 15.2. The molecule has 1 aromatic rings. The predicted molar refractivity (Wildman–Crippen MR) is 50.2 cm³/mol. The molecule has 0 spiro atoms. The minimum atomic E-state index is -0.337. The number of hydrogen-bond donors (Lipinski definition) is 2. The lowest BCUT2D eigenvalue weighted by Crippen LogP contribution is -2.20. The molecule has 0 aliphatic carbocycles. The van der Waals surface area contributed by atoms with Crippen LogP contribution in [0.5, 0.6) is 0 Å². The Morgan fingerprint density at radius 1 is 1.54 bits per heavy atom. The maximum Gasteiger partial charge on any atom is 0.252 e. The number of carbonyl (C=O) groups excluding carboxylic acids is 1. The molecule has 0 bridgehead atoms. The molecule has 1 rings (SSSR count). The van der Waals surface area contributed by atoms with Gasteiger partial charge in [-0.25, -0.2) is 5.90 Å². The highest BCUT2D eigenvalue weighted by Crippen LogP contribution is 2.19. The standard InChI is InChI=1S/C8H9ClN2O2/c9-6-3-1-2-4-7(6)11-8(12)5-13-10/h1-4H,5,10H2,(H,11,12). The Bertz CT molecular complexity index is 304. The molecule has 0 unspecified atom stereocenters. The maximum atomic E-state index is 11.0. The van der Waals surface area contributed by atoms with Gasteiger partial charge >= 0.3 is 0 Å². The Hall–Kier alpha value is -1.10. The topological polar surface area (TPSA) is 64.3 Å². The zero-order valence-electron chi connectivity index (χ0n) is 6.79. The van der Waals surface area contributed by atoms with Crippen LogP contribution in [0.3, 0.4) is 0 Å². The minimum Gasteiger partial charge on any atom is -0.323 e. The number of anilines is 1. The fourth-order valence-electron chi connectivity index (χ4n) is 0.825. The van der Waals surface area contributed by atoms with Crippen LogP contribution in [0.2, 0.25) is 5.02 Å². The fraction of sp³-hybridized carbons (Fsp3) is 0.125. The number of hydrogen-bond acceptors (Lipinski definition) is 3. The second-order valence-electron chi connectivity index (χ2n) is 2.34. The number of para-hydroxylation sites is 1. The normalized spacial score (nSPS) is 9.69. The molecule has 0 saturated carbocycles. The number of halogens is 1. The fourth-order valence-corrected chi connectivity index (χ4v) is 1.01. The summed E-state index contributed by atoms with van der Waals surface area (Å²) in [7, 11) is 0. The van der Waals surface area contributed by atoms with Crippen LogP contribution in [0.1, 0.15) is 0 Å². The van der Waals surface area contributed by atoms with E-state index in [0.29, 0.717) is 10.7 Å². The van der Waals surface area contributed by atoms with E-state index in [2.05, 4.69) is 10.2 Å². The first-order valence-corrected chi connectivity index (χ1v) is 3.98. The monoisotopic (exact) mass is 200 g/mol. The van der Waals surface area contributed by atoms with Crippen molar-refractivity contribution in [1.29, 1.82) is 0 Å². The lowest BCUT2D eigenvalue weighted by molar-refractivity contribution is -0.120. The van der Waals surface area contributed by atoms with Gasteiger partial charge in [-0.2, -0.15) is 0 Å². The molecule has 0 aliphatic rings. The van der Waals surface area contributed by atoms with Gasteiger partial charge in [0.15, 0.2) is 0 Å². The summed E-state index contributed by atoms with van der Waals surface area (Å²) >= 11 is 5.78. The van der Waals surface area contributed by atoms with Crippen molar-refractivity contribution < 1.29 is 9.63 Å². The predicted octanol–water partition coefficient (Wildman–Crippen LogP) is 1.17. The summed E-state index contributed by atoms with van der Waals surface area (Å²) < 4.78 is 0. The van der Waals surface area contributed by atoms with Crippen LogP contribution in [-0.2, 0) is 9.63 Å². The zero-order chi connectivity index (χ0) is 9.68. The van der Waals surface area contributed by atoms with Gasteiger partial charge in [0.1, 0.15) is 6.61 Å². The van der Waals surface area contributed by atoms with Gasteiger partial charge in [0.05, 0.1) is 10.7 Å². The van der Waals surface area contributed by atoms with E-state index in [-0.39, 0.29) is 12.5 Å². The Morgan fingerprint density at radius 2 is 2.23 bits per heavy atom. The number of nitrogens with one attached hydrogen (secondary N) is 1. The first-order valence-electron chi connectivity index (χ1n) is 3.60. The molecule has 0 aromatic heterocycles. The van der Waals surface area contributed by atoms with E-state index in [4.69, 9.17) is 17.5 Å². The minimum absolute atomic E-state index is 0.189. The Kier molecular flexibility index (Phi) is 3.70. The molecule has 5 heteroatoms. The van der Waals surface area contributed by atoms with Crippen molar-refractivity contribution in [3.8, 4) is 0 Å². The summed E-state index contributed by atoms with van der Waals surface area (Å²) in [6.45, 7) is -0.189. The zero-order valence-corrected chi connectivity index (χ0v) is 7.54. The third-order valence-corrected chi connectivity index (χ3v) is 1.69. The van der Waals surface area contributed by atoms with Crippen LogP contribution >= 0.6 is 11.6 Å². The molecule has 1 aromatic carbocycles. The summed E-state index contributed by atoms with van der Waals surface area (Å²) in [6, 6.07) is 6.92. The van der Waals surface area contributed by atoms with Gasteiger partial charge in [0, 0.05) is 0 Å². The second kappa shape index (κ2) is 4.81. The van der Waals surface area contributed by atoms with E-state index in [0.717, 1.165) is 0 Å². The number of nitrogens with two attached hydrogens (primary N) is 1. The molecule has 3 N–H and O–H groups in total. The van der Waals surface area contributed by atoms with Gasteiger partial charge in [-0.3, -0.25) is 9.63 Å². The number of carbonyl (C=O) groups is 1. The van der Waals surface area contributed by atoms with Crippen LogP contribution in [0.15, 0.2) is 24.3 Å². The summed E-state index contributed by atoms with van der Waals surface area (Å²) in [5, 5.41) is 3.01. The molecule has 0 atom stereocenters. The molecule has 70 valence electrons. The quantitative estimate of drug-likeness (QED) is 0.720. The van der Waals surface area contributed by atoms with Crippen LogP contribution in [-0.4, -0.2) is 12.5 Å². The Labute approximate surface area is 80.6 Å². The Morgan fingerprint density at radius 3 is 2.85 bits per heavy atom. The van der Waals surface area contributed by atoms with E-state index in [1.807, 2.05) is 0 Å². The molecule has 0 radical (unpaired) electrons. The Balaban J connectivity index is 2.63. The summed E-state index contributed by atoms with van der Waals surface area (Å²) in [5.74, 6) is 4.39. The highest BCUT2D eigenvalue weighted by molar-refractivity contribution is 6.33. The summed E-state index contributed by atoms with van der Waals surface area (Å²) in [6.07, 6.45) is 0. The first-order chi connectivity index (χ1) is 6.24. The highest BCUT2D eigenvalue weighted by atomic mass is 35.5. The van der Waals surface area contributed by atoms with E-state index < -0.39 is 0 Å². The molecule has 0 heterocycles. The number of amides is 1. The van der Waals surface area contributed by atoms with Crippen molar-refractivity contribution in [1.82, 2.24) is 0 Å². The van der Waals surface area contributed by atoms with E-state index in [1.54, 1.807) is 24.3 Å². The first kappa shape index (κ1) is 9.98. The van der Waals surface area contributed by atoms with E-state index in [9.17, 15) is 4.79 Å². The third kappa shape index (κ3) is 3.02. The van der Waals surface area contributed by atoms with Crippen molar-refractivity contribution in [2.75, 3.05) is 11.9 Å². The third-order valence-electron chi connectivity index (χ3n) is 1.36. The van der Waals surface area contributed by atoms with Crippen molar-refractivity contribution in [2.24, 2.45) is 5.90 Å². The van der Waals surface area contributed by atoms with Gasteiger partial charge in [-0.1, -0.05) is 23.7 Å². The molecule has 13 heavy (non-hydrogen) atoms. The van der Waals surface area contributed by atoms with Crippen LogP contribution in [0.4, 0.5) is 5.69 Å². The molecule has 0 aliphatic heterocycles.